The summed E-state index contributed by atoms with van der Waals surface area (Å²) < 4.78 is 0. The maximum absolute atomic E-state index is 2.44. The highest BCUT2D eigenvalue weighted by Gasteiger charge is 2.19. The molecule has 0 aromatic heterocycles. The number of hydrogen-bond acceptors (Lipinski definition) is 0. The van der Waals surface area contributed by atoms with E-state index in [1.165, 1.54) is 19.3 Å². The second-order valence-electron chi connectivity index (χ2n) is 6.41. The van der Waals surface area contributed by atoms with E-state index in [-0.39, 0.29) is 0 Å². The van der Waals surface area contributed by atoms with Crippen molar-refractivity contribution >= 4 is 0 Å². The van der Waals surface area contributed by atoms with Crippen LogP contribution in [-0.4, -0.2) is 0 Å². The molecule has 0 nitrogen and oxygen atoms in total. The number of rotatable bonds is 7. The topological polar surface area (TPSA) is 0 Å². The van der Waals surface area contributed by atoms with E-state index in [2.05, 4.69) is 48.5 Å². The number of hydrogen-bond donors (Lipinski definition) is 0. The molecule has 15 heavy (non-hydrogen) atoms. The lowest BCUT2D eigenvalue weighted by Gasteiger charge is -2.27. The molecule has 0 spiro atoms. The third kappa shape index (κ3) is 6.98. The third-order valence-corrected chi connectivity index (χ3v) is 3.84. The summed E-state index contributed by atoms with van der Waals surface area (Å²) in [5.74, 6) is 4.36. The van der Waals surface area contributed by atoms with Crippen molar-refractivity contribution in [3.05, 3.63) is 0 Å². The molecule has 0 aliphatic heterocycles. The zero-order chi connectivity index (χ0) is 12.0. The van der Waals surface area contributed by atoms with Crippen LogP contribution in [0.1, 0.15) is 67.7 Å². The zero-order valence-corrected chi connectivity index (χ0v) is 12.0. The summed E-state index contributed by atoms with van der Waals surface area (Å²) in [5, 5.41) is 0. The SMILES string of the molecule is CC(C)CCC(C)C(C)C(C)CC(C)C. The minimum Gasteiger partial charge on any atom is -0.0628 e. The standard InChI is InChI=1S/C15H32/c1-11(2)8-9-13(5)15(7)14(6)10-12(3)4/h11-15H,8-10H2,1-7H3. The van der Waals surface area contributed by atoms with Crippen LogP contribution in [0.5, 0.6) is 0 Å². The monoisotopic (exact) mass is 212 g/mol. The van der Waals surface area contributed by atoms with Crippen molar-refractivity contribution < 1.29 is 0 Å². The first-order chi connectivity index (χ1) is 6.84. The lowest BCUT2D eigenvalue weighted by atomic mass is 9.78. The zero-order valence-electron chi connectivity index (χ0n) is 12.0. The summed E-state index contributed by atoms with van der Waals surface area (Å²) in [5.41, 5.74) is 0. The van der Waals surface area contributed by atoms with Crippen LogP contribution in [0.25, 0.3) is 0 Å². The van der Waals surface area contributed by atoms with Gasteiger partial charge >= 0.3 is 0 Å². The van der Waals surface area contributed by atoms with Crippen LogP contribution >= 0.6 is 0 Å². The molecular weight excluding hydrogens is 180 g/mol. The first-order valence-corrected chi connectivity index (χ1v) is 6.84. The molecule has 0 amide bonds. The summed E-state index contributed by atoms with van der Waals surface area (Å²) in [6, 6.07) is 0. The first kappa shape index (κ1) is 15.0. The Bertz CT molecular complexity index is 146. The van der Waals surface area contributed by atoms with Gasteiger partial charge in [0.2, 0.25) is 0 Å². The van der Waals surface area contributed by atoms with E-state index in [9.17, 15) is 0 Å². The predicted molar refractivity (Wildman–Crippen MR) is 71.0 cm³/mol. The lowest BCUT2D eigenvalue weighted by molar-refractivity contribution is 0.227. The molecular formula is C15H32. The first-order valence-electron chi connectivity index (χ1n) is 6.84. The van der Waals surface area contributed by atoms with Gasteiger partial charge in [0.05, 0.1) is 0 Å². The molecule has 0 N–H and O–H groups in total. The van der Waals surface area contributed by atoms with Crippen molar-refractivity contribution in [1.29, 1.82) is 0 Å². The maximum Gasteiger partial charge on any atom is -0.0391 e. The smallest absolute Gasteiger partial charge is 0.0391 e. The van der Waals surface area contributed by atoms with Crippen LogP contribution in [0.2, 0.25) is 0 Å². The molecule has 0 aromatic carbocycles. The van der Waals surface area contributed by atoms with Crippen LogP contribution in [-0.2, 0) is 0 Å². The Balaban J connectivity index is 3.90. The van der Waals surface area contributed by atoms with Gasteiger partial charge < -0.3 is 0 Å². The van der Waals surface area contributed by atoms with Crippen LogP contribution in [0.15, 0.2) is 0 Å². The fourth-order valence-corrected chi connectivity index (χ4v) is 2.38. The summed E-state index contributed by atoms with van der Waals surface area (Å²) in [4.78, 5) is 0. The van der Waals surface area contributed by atoms with Crippen molar-refractivity contribution in [1.82, 2.24) is 0 Å². The van der Waals surface area contributed by atoms with Crippen molar-refractivity contribution in [3.63, 3.8) is 0 Å². The van der Waals surface area contributed by atoms with Crippen molar-refractivity contribution in [2.75, 3.05) is 0 Å². The van der Waals surface area contributed by atoms with E-state index >= 15 is 0 Å². The van der Waals surface area contributed by atoms with Crippen molar-refractivity contribution in [2.24, 2.45) is 29.6 Å². The Kier molecular flexibility index (Phi) is 7.30. The Morgan fingerprint density at radius 1 is 0.600 bits per heavy atom. The van der Waals surface area contributed by atoms with E-state index in [1.807, 2.05) is 0 Å². The highest BCUT2D eigenvalue weighted by atomic mass is 14.2. The second kappa shape index (κ2) is 7.30. The average molecular weight is 212 g/mol. The molecule has 0 radical (unpaired) electrons. The molecule has 0 aromatic rings. The van der Waals surface area contributed by atoms with Gasteiger partial charge in [-0.3, -0.25) is 0 Å². The van der Waals surface area contributed by atoms with Gasteiger partial charge in [-0.05, 0) is 36.0 Å². The molecule has 0 heterocycles. The van der Waals surface area contributed by atoms with E-state index in [0.29, 0.717) is 0 Å². The van der Waals surface area contributed by atoms with Crippen LogP contribution in [0, 0.1) is 29.6 Å². The summed E-state index contributed by atoms with van der Waals surface area (Å²) in [6.07, 6.45) is 4.17. The molecule has 0 rings (SSSR count). The predicted octanol–water partition coefficient (Wildman–Crippen LogP) is 5.38. The highest BCUT2D eigenvalue weighted by Crippen LogP contribution is 2.29. The summed E-state index contributed by atoms with van der Waals surface area (Å²) in [7, 11) is 0. The van der Waals surface area contributed by atoms with Gasteiger partial charge in [0.15, 0.2) is 0 Å². The van der Waals surface area contributed by atoms with Gasteiger partial charge in [-0.2, -0.15) is 0 Å². The average Bonchev–Trinajstić information content (AvgIpc) is 2.11. The fourth-order valence-electron chi connectivity index (χ4n) is 2.38. The molecule has 3 unspecified atom stereocenters. The summed E-state index contributed by atoms with van der Waals surface area (Å²) in [6.45, 7) is 16.6. The van der Waals surface area contributed by atoms with E-state index in [0.717, 1.165) is 29.6 Å². The van der Waals surface area contributed by atoms with Crippen LogP contribution < -0.4 is 0 Å². The molecule has 0 aliphatic carbocycles. The summed E-state index contributed by atoms with van der Waals surface area (Å²) >= 11 is 0. The molecule has 0 heteroatoms. The van der Waals surface area contributed by atoms with Gasteiger partial charge in [-0.1, -0.05) is 61.3 Å². The Hall–Kier alpha value is 0. The van der Waals surface area contributed by atoms with Gasteiger partial charge in [0, 0.05) is 0 Å². The highest BCUT2D eigenvalue weighted by molar-refractivity contribution is 4.70. The van der Waals surface area contributed by atoms with Gasteiger partial charge in [-0.25, -0.2) is 0 Å². The second-order valence-corrected chi connectivity index (χ2v) is 6.41. The van der Waals surface area contributed by atoms with E-state index < -0.39 is 0 Å². The Labute approximate surface area is 97.8 Å². The molecule has 0 fully saturated rings. The normalized spacial score (nSPS) is 18.2. The molecule has 0 saturated heterocycles. The minimum atomic E-state index is 0.847. The largest absolute Gasteiger partial charge is 0.0628 e. The molecule has 3 atom stereocenters. The lowest BCUT2D eigenvalue weighted by Crippen LogP contribution is -2.18. The van der Waals surface area contributed by atoms with Gasteiger partial charge in [0.1, 0.15) is 0 Å². The van der Waals surface area contributed by atoms with Gasteiger partial charge in [-0.15, -0.1) is 0 Å². The Morgan fingerprint density at radius 2 is 1.13 bits per heavy atom. The third-order valence-electron chi connectivity index (χ3n) is 3.84. The minimum absolute atomic E-state index is 0.847. The molecule has 0 bridgehead atoms. The molecule has 92 valence electrons. The fraction of sp³-hybridized carbons (Fsp3) is 1.00. The van der Waals surface area contributed by atoms with Crippen LogP contribution in [0.3, 0.4) is 0 Å². The van der Waals surface area contributed by atoms with Crippen molar-refractivity contribution in [2.45, 2.75) is 67.7 Å². The van der Waals surface area contributed by atoms with Gasteiger partial charge in [0.25, 0.3) is 0 Å². The van der Waals surface area contributed by atoms with Crippen LogP contribution in [0.4, 0.5) is 0 Å². The quantitative estimate of drug-likeness (QED) is 0.531. The van der Waals surface area contributed by atoms with E-state index in [1.54, 1.807) is 0 Å². The molecule has 0 aliphatic rings. The molecule has 0 saturated carbocycles. The Morgan fingerprint density at radius 3 is 1.53 bits per heavy atom. The van der Waals surface area contributed by atoms with Crippen molar-refractivity contribution in [3.8, 4) is 0 Å². The maximum atomic E-state index is 2.44. The van der Waals surface area contributed by atoms with E-state index in [4.69, 9.17) is 0 Å².